The number of para-hydroxylation sites is 2. The highest BCUT2D eigenvalue weighted by atomic mass is 16.5. The van der Waals surface area contributed by atoms with Crippen molar-refractivity contribution in [3.05, 3.63) is 83.7 Å². The van der Waals surface area contributed by atoms with Gasteiger partial charge in [0.1, 0.15) is 11.6 Å². The van der Waals surface area contributed by atoms with Crippen LogP contribution in [-0.2, 0) is 24.2 Å². The molecule has 4 aromatic rings. The van der Waals surface area contributed by atoms with Gasteiger partial charge in [-0.05, 0) is 73.7 Å². The number of rotatable bonds is 15. The molecule has 1 N–H and O–H groups in total. The van der Waals surface area contributed by atoms with Gasteiger partial charge in [0.2, 0.25) is 5.91 Å². The van der Waals surface area contributed by atoms with E-state index in [1.807, 2.05) is 36.4 Å². The summed E-state index contributed by atoms with van der Waals surface area (Å²) in [5.74, 6) is 3.33. The number of hydrogen-bond donors (Lipinski definition) is 1. The first-order chi connectivity index (χ1) is 19.1. The molecule has 206 valence electrons. The molecule has 0 aliphatic rings. The fourth-order valence-corrected chi connectivity index (χ4v) is 4.73. The van der Waals surface area contributed by atoms with Crippen molar-refractivity contribution in [1.82, 2.24) is 14.9 Å². The zero-order valence-electron chi connectivity index (χ0n) is 23.2. The number of carbonyl (C=O) groups is 1. The Bertz CT molecular complexity index is 1360. The van der Waals surface area contributed by atoms with Crippen LogP contribution in [0.3, 0.4) is 0 Å². The fourth-order valence-electron chi connectivity index (χ4n) is 4.73. The van der Waals surface area contributed by atoms with Crippen molar-refractivity contribution in [3.8, 4) is 17.2 Å². The van der Waals surface area contributed by atoms with Gasteiger partial charge in [0, 0.05) is 19.5 Å². The topological polar surface area (TPSA) is 74.6 Å². The quantitative estimate of drug-likeness (QED) is 0.194. The Morgan fingerprint density at radius 1 is 0.897 bits per heavy atom. The van der Waals surface area contributed by atoms with E-state index in [9.17, 15) is 4.79 Å². The van der Waals surface area contributed by atoms with Crippen molar-refractivity contribution >= 4 is 16.9 Å². The minimum absolute atomic E-state index is 0.0110. The van der Waals surface area contributed by atoms with E-state index in [-0.39, 0.29) is 5.91 Å². The van der Waals surface area contributed by atoms with E-state index in [2.05, 4.69) is 47.1 Å². The van der Waals surface area contributed by atoms with Crippen LogP contribution in [-0.4, -0.2) is 42.8 Å². The summed E-state index contributed by atoms with van der Waals surface area (Å²) in [5.41, 5.74) is 4.31. The first-order valence-corrected chi connectivity index (χ1v) is 13.7. The van der Waals surface area contributed by atoms with E-state index >= 15 is 0 Å². The Kier molecular flexibility index (Phi) is 10.2. The highest BCUT2D eigenvalue weighted by molar-refractivity contribution is 5.78. The molecule has 3 aromatic carbocycles. The van der Waals surface area contributed by atoms with Crippen LogP contribution in [0.15, 0.2) is 66.7 Å². The number of nitrogens with one attached hydrogen (secondary N) is 1. The molecular weight excluding hydrogens is 490 g/mol. The molecule has 0 aliphatic heterocycles. The highest BCUT2D eigenvalue weighted by Gasteiger charge is 2.11. The predicted octanol–water partition coefficient (Wildman–Crippen LogP) is 5.90. The standard InChI is InChI=1S/C32H39N3O4/c1-24-11-9-12-26(21-24)39-20-10-19-35-28-14-7-6-13-27(28)34-31(35)15-5-4-8-18-33-32(36)23-25-16-17-29(37-2)30(22-25)38-3/h6-7,9,11-14,16-17,21-22H,4-5,8,10,15,18-20,23H2,1-3H3,(H,33,36). The zero-order valence-corrected chi connectivity index (χ0v) is 23.2. The van der Waals surface area contributed by atoms with Crippen LogP contribution < -0.4 is 19.5 Å². The molecule has 0 radical (unpaired) electrons. The Hall–Kier alpha value is -4.00. The lowest BCUT2D eigenvalue weighted by molar-refractivity contribution is -0.120. The summed E-state index contributed by atoms with van der Waals surface area (Å²) in [7, 11) is 3.20. The monoisotopic (exact) mass is 529 g/mol. The van der Waals surface area contributed by atoms with Gasteiger partial charge >= 0.3 is 0 Å². The zero-order chi connectivity index (χ0) is 27.5. The molecule has 0 unspecified atom stereocenters. The third kappa shape index (κ3) is 7.99. The summed E-state index contributed by atoms with van der Waals surface area (Å²) in [6, 6.07) is 22.1. The maximum Gasteiger partial charge on any atom is 0.224 e. The predicted molar refractivity (Wildman–Crippen MR) is 155 cm³/mol. The number of ether oxygens (including phenoxy) is 3. The van der Waals surface area contributed by atoms with Gasteiger partial charge in [0.05, 0.1) is 38.3 Å². The van der Waals surface area contributed by atoms with Crippen LogP contribution in [0.2, 0.25) is 0 Å². The van der Waals surface area contributed by atoms with Gasteiger partial charge in [-0.3, -0.25) is 4.79 Å². The first-order valence-electron chi connectivity index (χ1n) is 13.7. The Morgan fingerprint density at radius 3 is 2.56 bits per heavy atom. The van der Waals surface area contributed by atoms with Gasteiger partial charge < -0.3 is 24.1 Å². The average Bonchev–Trinajstić information content (AvgIpc) is 3.30. The summed E-state index contributed by atoms with van der Waals surface area (Å²) in [5, 5.41) is 3.03. The largest absolute Gasteiger partial charge is 0.494 e. The second kappa shape index (κ2) is 14.2. The normalized spacial score (nSPS) is 10.9. The summed E-state index contributed by atoms with van der Waals surface area (Å²) < 4.78 is 18.9. The molecule has 39 heavy (non-hydrogen) atoms. The average molecular weight is 530 g/mol. The number of hydrogen-bond acceptors (Lipinski definition) is 5. The van der Waals surface area contributed by atoms with E-state index < -0.39 is 0 Å². The molecule has 0 saturated carbocycles. The van der Waals surface area contributed by atoms with Crippen LogP contribution >= 0.6 is 0 Å². The summed E-state index contributed by atoms with van der Waals surface area (Å²) in [6.07, 6.45) is 5.12. The number of aromatic nitrogens is 2. The van der Waals surface area contributed by atoms with Crippen molar-refractivity contribution < 1.29 is 19.0 Å². The molecule has 4 rings (SSSR count). The summed E-state index contributed by atoms with van der Waals surface area (Å²) >= 11 is 0. The van der Waals surface area contributed by atoms with E-state index in [1.54, 1.807) is 14.2 Å². The Morgan fingerprint density at radius 2 is 1.74 bits per heavy atom. The minimum atomic E-state index is 0.0110. The van der Waals surface area contributed by atoms with Gasteiger partial charge in [-0.1, -0.05) is 36.8 Å². The molecule has 0 spiro atoms. The number of methoxy groups -OCH3 is 2. The second-order valence-corrected chi connectivity index (χ2v) is 9.71. The van der Waals surface area contributed by atoms with Gasteiger partial charge in [-0.25, -0.2) is 4.98 Å². The molecule has 7 nitrogen and oxygen atoms in total. The Labute approximate surface area is 231 Å². The van der Waals surface area contributed by atoms with E-state index in [0.29, 0.717) is 31.1 Å². The SMILES string of the molecule is COc1ccc(CC(=O)NCCCCCc2nc3ccccc3n2CCCOc2cccc(C)c2)cc1OC. The van der Waals surface area contributed by atoms with Crippen LogP contribution in [0.1, 0.15) is 42.6 Å². The van der Waals surface area contributed by atoms with Gasteiger partial charge in [0.25, 0.3) is 0 Å². The van der Waals surface area contributed by atoms with Gasteiger partial charge in [-0.2, -0.15) is 0 Å². The number of imidazole rings is 1. The lowest BCUT2D eigenvalue weighted by Crippen LogP contribution is -2.26. The number of unbranched alkanes of at least 4 members (excludes halogenated alkanes) is 2. The molecule has 1 aromatic heterocycles. The van der Waals surface area contributed by atoms with Gasteiger partial charge in [-0.15, -0.1) is 0 Å². The molecule has 1 heterocycles. The smallest absolute Gasteiger partial charge is 0.224 e. The number of aryl methyl sites for hydroxylation is 3. The van der Waals surface area contributed by atoms with E-state index in [4.69, 9.17) is 19.2 Å². The van der Waals surface area contributed by atoms with Crippen molar-refractivity contribution in [2.45, 2.75) is 52.0 Å². The number of fused-ring (bicyclic) bond motifs is 1. The molecule has 0 bridgehead atoms. The minimum Gasteiger partial charge on any atom is -0.494 e. The van der Waals surface area contributed by atoms with Crippen molar-refractivity contribution in [3.63, 3.8) is 0 Å². The number of carbonyl (C=O) groups excluding carboxylic acids is 1. The molecule has 7 heteroatoms. The van der Waals surface area contributed by atoms with Crippen LogP contribution in [0.5, 0.6) is 17.2 Å². The molecule has 0 atom stereocenters. The third-order valence-electron chi connectivity index (χ3n) is 6.73. The fraction of sp³-hybridized carbons (Fsp3) is 0.375. The maximum atomic E-state index is 12.4. The number of nitrogens with zero attached hydrogens (tertiary/aromatic N) is 2. The van der Waals surface area contributed by atoms with E-state index in [1.165, 1.54) is 11.1 Å². The van der Waals surface area contributed by atoms with Crippen LogP contribution in [0, 0.1) is 6.92 Å². The van der Waals surface area contributed by atoms with Gasteiger partial charge in [0.15, 0.2) is 11.5 Å². The summed E-state index contributed by atoms with van der Waals surface area (Å²) in [4.78, 5) is 17.3. The Balaban J connectivity index is 1.20. The van der Waals surface area contributed by atoms with Crippen LogP contribution in [0.4, 0.5) is 0 Å². The molecule has 0 fully saturated rings. The maximum absolute atomic E-state index is 12.4. The second-order valence-electron chi connectivity index (χ2n) is 9.71. The molecule has 0 aliphatic carbocycles. The van der Waals surface area contributed by atoms with E-state index in [0.717, 1.165) is 61.3 Å². The number of amides is 1. The summed E-state index contributed by atoms with van der Waals surface area (Å²) in [6.45, 7) is 4.27. The lowest BCUT2D eigenvalue weighted by Gasteiger charge is -2.11. The van der Waals surface area contributed by atoms with Crippen molar-refractivity contribution in [1.29, 1.82) is 0 Å². The highest BCUT2D eigenvalue weighted by Crippen LogP contribution is 2.27. The molecular formula is C32H39N3O4. The third-order valence-corrected chi connectivity index (χ3v) is 6.73. The van der Waals surface area contributed by atoms with Crippen LogP contribution in [0.25, 0.3) is 11.0 Å². The number of benzene rings is 3. The van der Waals surface area contributed by atoms with Crippen molar-refractivity contribution in [2.75, 3.05) is 27.4 Å². The molecule has 1 amide bonds. The van der Waals surface area contributed by atoms with Crippen molar-refractivity contribution in [2.24, 2.45) is 0 Å². The molecule has 0 saturated heterocycles. The lowest BCUT2D eigenvalue weighted by atomic mass is 10.1. The first kappa shape index (κ1) is 28.0.